The molecule has 8 heteroatoms. The SMILES string of the molecule is N#Cc1ccc(Nc2nc(Cc3c(Cl)cccc3Cl)cc([AsH]CCN3CCCC3)n2)cc1. The first kappa shape index (κ1) is 23.1. The van der Waals surface area contributed by atoms with Crippen molar-refractivity contribution in [2.24, 2.45) is 0 Å². The Kier molecular flexibility index (Phi) is 8.05. The van der Waals surface area contributed by atoms with E-state index in [4.69, 9.17) is 38.4 Å². The average molecular weight is 528 g/mol. The molecule has 1 unspecified atom stereocenters. The number of nitrogens with zero attached hydrogens (tertiary/aromatic N) is 4. The predicted octanol–water partition coefficient (Wildman–Crippen LogP) is 4.57. The summed E-state index contributed by atoms with van der Waals surface area (Å²) in [6, 6.07) is 17.1. The molecule has 0 bridgehead atoms. The first-order valence-electron chi connectivity index (χ1n) is 10.6. The van der Waals surface area contributed by atoms with Crippen molar-refractivity contribution in [3.63, 3.8) is 0 Å². The van der Waals surface area contributed by atoms with Gasteiger partial charge in [0.1, 0.15) is 0 Å². The molecule has 1 N–H and O–H groups in total. The Morgan fingerprint density at radius 3 is 2.44 bits per heavy atom. The third-order valence-corrected chi connectivity index (χ3v) is 8.40. The van der Waals surface area contributed by atoms with E-state index in [9.17, 15) is 0 Å². The van der Waals surface area contributed by atoms with E-state index in [-0.39, 0.29) is 0 Å². The van der Waals surface area contributed by atoms with E-state index in [2.05, 4.69) is 22.4 Å². The maximum absolute atomic E-state index is 9.02. The minimum absolute atomic E-state index is 0.396. The van der Waals surface area contributed by atoms with E-state index < -0.39 is 15.8 Å². The molecule has 3 aromatic rings. The third-order valence-electron chi connectivity index (χ3n) is 5.40. The van der Waals surface area contributed by atoms with Crippen LogP contribution in [0, 0.1) is 11.3 Å². The molecular weight excluding hydrogens is 504 g/mol. The fourth-order valence-corrected chi connectivity index (χ4v) is 6.64. The van der Waals surface area contributed by atoms with E-state index in [0.29, 0.717) is 28.0 Å². The van der Waals surface area contributed by atoms with Crippen LogP contribution in [-0.4, -0.2) is 50.3 Å². The van der Waals surface area contributed by atoms with E-state index in [1.54, 1.807) is 12.1 Å². The molecule has 2 aromatic carbocycles. The van der Waals surface area contributed by atoms with Gasteiger partial charge >= 0.3 is 206 Å². The van der Waals surface area contributed by atoms with Crippen LogP contribution in [0.25, 0.3) is 0 Å². The number of benzene rings is 2. The van der Waals surface area contributed by atoms with Crippen LogP contribution < -0.4 is 9.80 Å². The van der Waals surface area contributed by atoms with Crippen molar-refractivity contribution in [1.29, 1.82) is 5.26 Å². The van der Waals surface area contributed by atoms with Crippen LogP contribution in [0.15, 0.2) is 48.5 Å². The van der Waals surface area contributed by atoms with Gasteiger partial charge < -0.3 is 0 Å². The monoisotopic (exact) mass is 527 g/mol. The molecule has 0 aliphatic carbocycles. The summed E-state index contributed by atoms with van der Waals surface area (Å²) in [5, 5.41) is 14.8. The van der Waals surface area contributed by atoms with Crippen LogP contribution in [0.4, 0.5) is 11.6 Å². The molecule has 4 rings (SSSR count). The molecule has 0 saturated carbocycles. The summed E-state index contributed by atoms with van der Waals surface area (Å²) >= 11 is 12.4. The Labute approximate surface area is 205 Å². The van der Waals surface area contributed by atoms with Gasteiger partial charge in [-0.2, -0.15) is 0 Å². The van der Waals surface area contributed by atoms with Crippen LogP contribution in [0.2, 0.25) is 15.3 Å². The molecule has 1 saturated heterocycles. The number of rotatable bonds is 8. The molecule has 1 atom stereocenters. The van der Waals surface area contributed by atoms with Gasteiger partial charge in [0.2, 0.25) is 0 Å². The number of hydrogen-bond donors (Lipinski definition) is 1. The van der Waals surface area contributed by atoms with Gasteiger partial charge in [0.25, 0.3) is 0 Å². The summed E-state index contributed by atoms with van der Waals surface area (Å²) in [7, 11) is 0. The Morgan fingerprint density at radius 2 is 1.75 bits per heavy atom. The summed E-state index contributed by atoms with van der Waals surface area (Å²) in [6.45, 7) is 3.59. The average Bonchev–Trinajstić information content (AvgIpc) is 3.30. The number of likely N-dealkylation sites (tertiary alicyclic amines) is 1. The summed E-state index contributed by atoms with van der Waals surface area (Å²) in [4.78, 5) is 12.1. The van der Waals surface area contributed by atoms with Gasteiger partial charge in [0.05, 0.1) is 0 Å². The van der Waals surface area contributed by atoms with Crippen molar-refractivity contribution in [3.8, 4) is 6.07 Å². The summed E-state index contributed by atoms with van der Waals surface area (Å²) in [5.74, 6) is 0.565. The van der Waals surface area contributed by atoms with Crippen LogP contribution in [0.3, 0.4) is 0 Å². The molecule has 1 aliphatic heterocycles. The van der Waals surface area contributed by atoms with Gasteiger partial charge in [-0.15, -0.1) is 0 Å². The van der Waals surface area contributed by atoms with Gasteiger partial charge in [-0.05, 0) is 0 Å². The number of hydrogen-bond acceptors (Lipinski definition) is 5. The summed E-state index contributed by atoms with van der Waals surface area (Å²) < 4.78 is 1.12. The standard InChI is InChI=1S/C24H24AsCl2N5/c26-21-4-3-5-22(27)20(21)14-19-15-23(25-10-13-32-11-1-2-12-32)31-24(30-19)29-18-8-6-17(16-28)7-9-18/h3-9,15,25H,1-2,10-14H2,(H,29,30,31). The molecule has 0 amide bonds. The second-order valence-corrected chi connectivity index (χ2v) is 11.4. The number of nitriles is 1. The zero-order valence-corrected chi connectivity index (χ0v) is 21.2. The van der Waals surface area contributed by atoms with Crippen LogP contribution in [-0.2, 0) is 6.42 Å². The van der Waals surface area contributed by atoms with Crippen LogP contribution in [0.1, 0.15) is 29.7 Å². The maximum atomic E-state index is 9.02. The van der Waals surface area contributed by atoms with Gasteiger partial charge in [0.15, 0.2) is 0 Å². The zero-order chi connectivity index (χ0) is 22.3. The Morgan fingerprint density at radius 1 is 1.03 bits per heavy atom. The topological polar surface area (TPSA) is 64.8 Å². The molecule has 32 heavy (non-hydrogen) atoms. The normalized spacial score (nSPS) is 14.2. The second-order valence-electron chi connectivity index (χ2n) is 7.73. The van der Waals surface area contributed by atoms with Crippen molar-refractivity contribution >= 4 is 55.1 Å². The molecular formula is C24H24AsCl2N5. The van der Waals surface area contributed by atoms with E-state index >= 15 is 0 Å². The second kappa shape index (κ2) is 11.2. The number of anilines is 2. The Balaban J connectivity index is 1.55. The van der Waals surface area contributed by atoms with Crippen molar-refractivity contribution in [3.05, 3.63) is 75.4 Å². The molecule has 1 fully saturated rings. The van der Waals surface area contributed by atoms with Gasteiger partial charge in [-0.1, -0.05) is 0 Å². The molecule has 5 nitrogen and oxygen atoms in total. The van der Waals surface area contributed by atoms with Crippen LogP contribution in [0.5, 0.6) is 0 Å². The van der Waals surface area contributed by atoms with Gasteiger partial charge in [-0.3, -0.25) is 0 Å². The quantitative estimate of drug-likeness (QED) is 0.435. The predicted molar refractivity (Wildman–Crippen MR) is 133 cm³/mol. The van der Waals surface area contributed by atoms with Crippen molar-refractivity contribution in [2.75, 3.05) is 25.0 Å². The van der Waals surface area contributed by atoms with Gasteiger partial charge in [0, 0.05) is 0 Å². The van der Waals surface area contributed by atoms with Crippen LogP contribution >= 0.6 is 23.2 Å². The molecule has 1 aromatic heterocycles. The van der Waals surface area contributed by atoms with E-state index in [0.717, 1.165) is 28.0 Å². The van der Waals surface area contributed by atoms with Crippen molar-refractivity contribution < 1.29 is 0 Å². The fourth-order valence-electron chi connectivity index (χ4n) is 3.72. The van der Waals surface area contributed by atoms with Gasteiger partial charge in [-0.25, -0.2) is 0 Å². The fraction of sp³-hybridized carbons (Fsp3) is 0.292. The summed E-state index contributed by atoms with van der Waals surface area (Å²) in [6.07, 6.45) is 3.18. The Hall–Kier alpha value is -2.09. The number of halogens is 2. The third kappa shape index (κ3) is 6.24. The van der Waals surface area contributed by atoms with E-state index in [1.165, 1.54) is 31.1 Å². The first-order valence-corrected chi connectivity index (χ1v) is 13.9. The molecule has 1 aliphatic rings. The molecule has 0 spiro atoms. The molecule has 2 heterocycles. The number of aromatic nitrogens is 2. The van der Waals surface area contributed by atoms with E-state index in [1.807, 2.05) is 30.3 Å². The molecule has 0 radical (unpaired) electrons. The van der Waals surface area contributed by atoms with Crippen molar-refractivity contribution in [1.82, 2.24) is 14.9 Å². The summed E-state index contributed by atoms with van der Waals surface area (Å²) in [5.41, 5.74) is 3.24. The minimum atomic E-state index is -0.396. The zero-order valence-electron chi connectivity index (χ0n) is 17.6. The first-order chi connectivity index (χ1) is 15.6. The Bertz CT molecular complexity index is 1090. The molecule has 164 valence electrons. The number of nitrogens with one attached hydrogen (secondary N) is 1. The van der Waals surface area contributed by atoms with Crippen molar-refractivity contribution in [2.45, 2.75) is 24.5 Å².